The first-order valence-corrected chi connectivity index (χ1v) is 8.56. The van der Waals surface area contributed by atoms with E-state index in [4.69, 9.17) is 4.74 Å². The number of amides is 1. The van der Waals surface area contributed by atoms with Crippen LogP contribution < -0.4 is 10.1 Å². The van der Waals surface area contributed by atoms with Gasteiger partial charge in [-0.1, -0.05) is 18.2 Å². The summed E-state index contributed by atoms with van der Waals surface area (Å²) in [5.41, 5.74) is -0.454. The number of hydrogen-bond acceptors (Lipinski definition) is 3. The maximum absolute atomic E-state index is 13.7. The lowest BCUT2D eigenvalue weighted by molar-refractivity contribution is -0.143. The van der Waals surface area contributed by atoms with Crippen LogP contribution in [-0.2, 0) is 6.18 Å². The minimum atomic E-state index is -4.76. The summed E-state index contributed by atoms with van der Waals surface area (Å²) in [5, 5.41) is 6.30. The van der Waals surface area contributed by atoms with Crippen molar-refractivity contribution < 1.29 is 22.7 Å². The van der Waals surface area contributed by atoms with Crippen molar-refractivity contribution in [1.29, 1.82) is 0 Å². The first-order valence-electron chi connectivity index (χ1n) is 8.56. The van der Waals surface area contributed by atoms with Gasteiger partial charge in [-0.25, -0.2) is 4.68 Å². The molecule has 146 valence electrons. The average molecular weight is 389 g/mol. The number of carbonyl (C=O) groups excluding carboxylic acids is 1. The largest absolute Gasteiger partial charge is 0.494 e. The number of nitrogens with zero attached hydrogens (tertiary/aromatic N) is 2. The summed E-state index contributed by atoms with van der Waals surface area (Å²) in [6.45, 7) is 4.00. The van der Waals surface area contributed by atoms with Crippen LogP contribution in [0.2, 0.25) is 0 Å². The van der Waals surface area contributed by atoms with Crippen LogP contribution in [0.5, 0.6) is 5.75 Å². The van der Waals surface area contributed by atoms with E-state index >= 15 is 0 Å². The molecule has 0 radical (unpaired) electrons. The van der Waals surface area contributed by atoms with Gasteiger partial charge in [0.05, 0.1) is 24.1 Å². The first kappa shape index (κ1) is 19.5. The number of carbonyl (C=O) groups is 1. The molecule has 0 aliphatic heterocycles. The molecule has 1 amide bonds. The Balaban J connectivity index is 1.95. The predicted molar refractivity (Wildman–Crippen MR) is 98.9 cm³/mol. The predicted octanol–water partition coefficient (Wildman–Crippen LogP) is 4.85. The molecule has 3 rings (SSSR count). The number of aryl methyl sites for hydroxylation is 1. The van der Waals surface area contributed by atoms with E-state index in [0.717, 1.165) is 10.9 Å². The van der Waals surface area contributed by atoms with Gasteiger partial charge in [-0.2, -0.15) is 18.3 Å². The Morgan fingerprint density at radius 2 is 1.82 bits per heavy atom. The number of aromatic nitrogens is 2. The summed E-state index contributed by atoms with van der Waals surface area (Å²) in [6, 6.07) is 12.9. The van der Waals surface area contributed by atoms with Crippen molar-refractivity contribution in [2.45, 2.75) is 20.0 Å². The number of benzene rings is 2. The van der Waals surface area contributed by atoms with E-state index in [0.29, 0.717) is 23.6 Å². The zero-order chi connectivity index (χ0) is 20.3. The number of alkyl halides is 3. The Morgan fingerprint density at radius 1 is 1.14 bits per heavy atom. The van der Waals surface area contributed by atoms with Crippen LogP contribution in [0, 0.1) is 6.92 Å². The lowest BCUT2D eigenvalue weighted by Crippen LogP contribution is -2.21. The van der Waals surface area contributed by atoms with Crippen molar-refractivity contribution in [1.82, 2.24) is 9.78 Å². The molecule has 0 fully saturated rings. The highest BCUT2D eigenvalue weighted by Crippen LogP contribution is 2.34. The zero-order valence-corrected chi connectivity index (χ0v) is 15.2. The van der Waals surface area contributed by atoms with E-state index in [1.165, 1.54) is 6.07 Å². The van der Waals surface area contributed by atoms with Crippen LogP contribution in [0.4, 0.5) is 18.9 Å². The lowest BCUT2D eigenvalue weighted by Gasteiger charge is -2.14. The van der Waals surface area contributed by atoms with Crippen LogP contribution in [-0.4, -0.2) is 22.3 Å². The Hall–Kier alpha value is -3.29. The van der Waals surface area contributed by atoms with Crippen LogP contribution >= 0.6 is 0 Å². The number of anilines is 1. The van der Waals surface area contributed by atoms with Gasteiger partial charge in [0.15, 0.2) is 5.69 Å². The summed E-state index contributed by atoms with van der Waals surface area (Å²) in [4.78, 5) is 12.5. The van der Waals surface area contributed by atoms with Crippen molar-refractivity contribution in [2.75, 3.05) is 11.9 Å². The Morgan fingerprint density at radius 3 is 2.43 bits per heavy atom. The van der Waals surface area contributed by atoms with Gasteiger partial charge in [0.2, 0.25) is 0 Å². The van der Waals surface area contributed by atoms with E-state index in [9.17, 15) is 18.0 Å². The number of ether oxygens (including phenoxy) is 1. The molecule has 1 heterocycles. The number of rotatable bonds is 5. The molecule has 1 aromatic heterocycles. The van der Waals surface area contributed by atoms with Gasteiger partial charge in [0, 0.05) is 5.69 Å². The maximum atomic E-state index is 13.7. The van der Waals surface area contributed by atoms with Crippen molar-refractivity contribution in [2.24, 2.45) is 0 Å². The molecule has 1 N–H and O–H groups in total. The summed E-state index contributed by atoms with van der Waals surface area (Å²) in [7, 11) is 0. The smallest absolute Gasteiger partial charge is 0.434 e. The molecule has 8 heteroatoms. The fourth-order valence-corrected chi connectivity index (χ4v) is 2.77. The Bertz CT molecular complexity index is 979. The molecule has 0 saturated heterocycles. The molecule has 0 spiro atoms. The molecule has 0 aliphatic carbocycles. The van der Waals surface area contributed by atoms with Gasteiger partial charge in [-0.3, -0.25) is 4.79 Å². The minimum absolute atomic E-state index is 0.259. The topological polar surface area (TPSA) is 56.1 Å². The van der Waals surface area contributed by atoms with E-state index in [2.05, 4.69) is 10.4 Å². The molecule has 2 aromatic carbocycles. The molecule has 0 aliphatic rings. The van der Waals surface area contributed by atoms with Crippen LogP contribution in [0.15, 0.2) is 54.7 Å². The molecule has 3 aromatic rings. The third-order valence-electron chi connectivity index (χ3n) is 4.05. The second kappa shape index (κ2) is 7.75. The van der Waals surface area contributed by atoms with Gasteiger partial charge in [-0.05, 0) is 49.7 Å². The maximum Gasteiger partial charge on any atom is 0.434 e. The third kappa shape index (κ3) is 4.00. The van der Waals surface area contributed by atoms with Crippen molar-refractivity contribution >= 4 is 11.6 Å². The molecule has 0 unspecified atom stereocenters. The monoisotopic (exact) mass is 389 g/mol. The number of hydrogen-bond donors (Lipinski definition) is 1. The minimum Gasteiger partial charge on any atom is -0.494 e. The van der Waals surface area contributed by atoms with E-state index in [1.807, 2.05) is 6.92 Å². The second-order valence-corrected chi connectivity index (χ2v) is 6.01. The van der Waals surface area contributed by atoms with Crippen LogP contribution in [0.3, 0.4) is 0 Å². The normalized spacial score (nSPS) is 11.3. The van der Waals surface area contributed by atoms with E-state index in [1.54, 1.807) is 49.4 Å². The fourth-order valence-electron chi connectivity index (χ4n) is 2.77. The van der Waals surface area contributed by atoms with Gasteiger partial charge < -0.3 is 10.1 Å². The molecule has 0 bridgehead atoms. The van der Waals surface area contributed by atoms with Gasteiger partial charge in [-0.15, -0.1) is 0 Å². The first-order chi connectivity index (χ1) is 13.3. The highest BCUT2D eigenvalue weighted by atomic mass is 19.4. The second-order valence-electron chi connectivity index (χ2n) is 6.01. The standard InChI is InChI=1S/C20H18F3N3O2/c1-3-28-15-10-8-14(9-11-15)25-19(27)16-12-24-26(18(16)20(21,22)23)17-7-5-4-6-13(17)2/h4-12H,3H2,1-2H3,(H,25,27). The Kier molecular flexibility index (Phi) is 5.39. The highest BCUT2D eigenvalue weighted by Gasteiger charge is 2.40. The molecule has 0 saturated carbocycles. The van der Waals surface area contributed by atoms with Crippen molar-refractivity contribution in [3.63, 3.8) is 0 Å². The average Bonchev–Trinajstić information content (AvgIpc) is 3.09. The van der Waals surface area contributed by atoms with E-state index in [-0.39, 0.29) is 5.69 Å². The Labute approximate surface area is 159 Å². The van der Waals surface area contributed by atoms with Crippen molar-refractivity contribution in [3.8, 4) is 11.4 Å². The quantitative estimate of drug-likeness (QED) is 0.679. The van der Waals surface area contributed by atoms with Crippen LogP contribution in [0.1, 0.15) is 28.5 Å². The van der Waals surface area contributed by atoms with Gasteiger partial charge >= 0.3 is 6.18 Å². The molecular formula is C20H18F3N3O2. The summed E-state index contributed by atoms with van der Waals surface area (Å²) < 4.78 is 47.3. The SMILES string of the molecule is CCOc1ccc(NC(=O)c2cnn(-c3ccccc3C)c2C(F)(F)F)cc1. The number of nitrogens with one attached hydrogen (secondary N) is 1. The van der Waals surface area contributed by atoms with Gasteiger partial charge in [0.25, 0.3) is 5.91 Å². The van der Waals surface area contributed by atoms with Crippen LogP contribution in [0.25, 0.3) is 5.69 Å². The zero-order valence-electron chi connectivity index (χ0n) is 15.2. The molecule has 0 atom stereocenters. The fraction of sp³-hybridized carbons (Fsp3) is 0.200. The third-order valence-corrected chi connectivity index (χ3v) is 4.05. The molecule has 28 heavy (non-hydrogen) atoms. The van der Waals surface area contributed by atoms with Gasteiger partial charge in [0.1, 0.15) is 5.75 Å². The number of para-hydroxylation sites is 1. The molecular weight excluding hydrogens is 371 g/mol. The molecule has 5 nitrogen and oxygen atoms in total. The summed E-state index contributed by atoms with van der Waals surface area (Å²) >= 11 is 0. The highest BCUT2D eigenvalue weighted by molar-refractivity contribution is 6.05. The van der Waals surface area contributed by atoms with E-state index < -0.39 is 23.3 Å². The summed E-state index contributed by atoms with van der Waals surface area (Å²) in [5.74, 6) is -0.292. The van der Waals surface area contributed by atoms with Crippen molar-refractivity contribution in [3.05, 3.63) is 71.5 Å². The lowest BCUT2D eigenvalue weighted by atomic mass is 10.1. The summed E-state index contributed by atoms with van der Waals surface area (Å²) in [6.07, 6.45) is -3.83. The number of halogens is 3.